The Kier molecular flexibility index (Phi) is 4.90. The van der Waals surface area contributed by atoms with Gasteiger partial charge in [-0.25, -0.2) is 21.9 Å². The molecule has 0 bridgehead atoms. The summed E-state index contributed by atoms with van der Waals surface area (Å²) in [5.41, 5.74) is 0.521. The third-order valence-corrected chi connectivity index (χ3v) is 5.18. The van der Waals surface area contributed by atoms with E-state index in [1.807, 2.05) is 4.72 Å². The molecule has 0 unspecified atom stereocenters. The van der Waals surface area contributed by atoms with Crippen LogP contribution in [0.1, 0.15) is 18.4 Å². The lowest BCUT2D eigenvalue weighted by molar-refractivity contribution is -0.139. The Morgan fingerprint density at radius 3 is 2.35 bits per heavy atom. The number of sulfonamides is 1. The van der Waals surface area contributed by atoms with Crippen molar-refractivity contribution in [3.05, 3.63) is 29.8 Å². The van der Waals surface area contributed by atoms with Crippen molar-refractivity contribution in [3.63, 3.8) is 0 Å². The van der Waals surface area contributed by atoms with Crippen LogP contribution in [0.4, 0.5) is 8.78 Å². The Morgan fingerprint density at radius 2 is 1.87 bits per heavy atom. The maximum Gasteiger partial charge on any atom is 0.322 e. The lowest BCUT2D eigenvalue weighted by Crippen LogP contribution is -2.47. The van der Waals surface area contributed by atoms with Crippen molar-refractivity contribution in [1.82, 2.24) is 4.72 Å². The Morgan fingerprint density at radius 1 is 1.30 bits per heavy atom. The quantitative estimate of drug-likeness (QED) is 0.689. The monoisotopic (exact) mass is 349 g/mol. The van der Waals surface area contributed by atoms with Gasteiger partial charge in [0.2, 0.25) is 15.9 Å². The molecule has 0 saturated heterocycles. The average Bonchev–Trinajstić information content (AvgIpc) is 2.37. The van der Waals surface area contributed by atoms with Gasteiger partial charge < -0.3 is 10.2 Å². The molecule has 3 N–H and O–H groups in total. The summed E-state index contributed by atoms with van der Waals surface area (Å²) < 4.78 is 51.4. The predicted octanol–water partition coefficient (Wildman–Crippen LogP) is 1.35. The number of carboxylic acids is 1. The Hall–Kier alpha value is -1.74. The van der Waals surface area contributed by atoms with E-state index in [0.29, 0.717) is 5.56 Å². The zero-order valence-electron chi connectivity index (χ0n) is 12.1. The number of carboxylic acid groups (broad SMARTS) is 1. The zero-order valence-corrected chi connectivity index (χ0v) is 12.9. The van der Waals surface area contributed by atoms with Gasteiger partial charge in [0.1, 0.15) is 11.8 Å². The van der Waals surface area contributed by atoms with Crippen LogP contribution in [0, 0.1) is 5.92 Å². The number of benzene rings is 1. The number of aromatic hydroxyl groups is 1. The molecule has 1 aromatic rings. The minimum absolute atomic E-state index is 0.00659. The highest BCUT2D eigenvalue weighted by atomic mass is 32.2. The van der Waals surface area contributed by atoms with Crippen LogP contribution in [0.5, 0.6) is 5.75 Å². The number of hydrogen-bond acceptors (Lipinski definition) is 4. The first kappa shape index (κ1) is 17.6. The van der Waals surface area contributed by atoms with Gasteiger partial charge in [0.15, 0.2) is 0 Å². The Labute approximate surface area is 132 Å². The second-order valence-corrected chi connectivity index (χ2v) is 7.59. The molecule has 0 aromatic heterocycles. The van der Waals surface area contributed by atoms with Gasteiger partial charge in [-0.1, -0.05) is 12.1 Å². The first-order valence-corrected chi connectivity index (χ1v) is 8.60. The van der Waals surface area contributed by atoms with Gasteiger partial charge in [0, 0.05) is 12.8 Å². The van der Waals surface area contributed by atoms with Gasteiger partial charge in [-0.15, -0.1) is 0 Å². The van der Waals surface area contributed by atoms with Crippen LogP contribution in [-0.2, 0) is 21.2 Å². The van der Waals surface area contributed by atoms with Crippen molar-refractivity contribution < 1.29 is 32.2 Å². The molecule has 1 atom stereocenters. The van der Waals surface area contributed by atoms with Crippen LogP contribution in [0.15, 0.2) is 24.3 Å². The number of aliphatic carboxylic acids is 1. The van der Waals surface area contributed by atoms with Gasteiger partial charge in [0.05, 0.1) is 5.75 Å². The number of nitrogens with one attached hydrogen (secondary N) is 1. The molecule has 128 valence electrons. The second kappa shape index (κ2) is 6.40. The second-order valence-electron chi connectivity index (χ2n) is 5.79. The molecule has 23 heavy (non-hydrogen) atoms. The number of phenolic OH excluding ortho intramolecular Hbond substituents is 1. The van der Waals surface area contributed by atoms with Crippen LogP contribution in [0.2, 0.25) is 0 Å². The highest BCUT2D eigenvalue weighted by molar-refractivity contribution is 7.89. The van der Waals surface area contributed by atoms with E-state index in [4.69, 9.17) is 5.11 Å². The summed E-state index contributed by atoms with van der Waals surface area (Å²) in [6.07, 6.45) is -1.11. The zero-order chi connectivity index (χ0) is 17.3. The molecule has 6 nitrogen and oxygen atoms in total. The first-order valence-electron chi connectivity index (χ1n) is 6.95. The van der Waals surface area contributed by atoms with Crippen molar-refractivity contribution >= 4 is 16.0 Å². The molecule has 0 heterocycles. The summed E-state index contributed by atoms with van der Waals surface area (Å²) in [5, 5.41) is 18.3. The van der Waals surface area contributed by atoms with Crippen LogP contribution < -0.4 is 4.72 Å². The molecule has 1 aromatic carbocycles. The Bertz CT molecular complexity index is 667. The van der Waals surface area contributed by atoms with E-state index >= 15 is 0 Å². The average molecular weight is 349 g/mol. The van der Waals surface area contributed by atoms with E-state index in [-0.39, 0.29) is 12.2 Å². The SMILES string of the molecule is O=C(O)[C@H](Cc1ccc(O)cc1)NS(=O)(=O)CC1CC(F)(F)C1. The van der Waals surface area contributed by atoms with Crippen LogP contribution >= 0.6 is 0 Å². The molecule has 1 aliphatic rings. The predicted molar refractivity (Wildman–Crippen MR) is 77.8 cm³/mol. The van der Waals surface area contributed by atoms with Gasteiger partial charge in [-0.05, 0) is 30.0 Å². The summed E-state index contributed by atoms with van der Waals surface area (Å²) in [6.45, 7) is 0. The number of carbonyl (C=O) groups is 1. The molecule has 1 fully saturated rings. The van der Waals surface area contributed by atoms with E-state index < -0.39 is 52.5 Å². The molecule has 1 saturated carbocycles. The maximum absolute atomic E-state index is 12.7. The summed E-state index contributed by atoms with van der Waals surface area (Å²) in [6, 6.07) is 4.28. The van der Waals surface area contributed by atoms with Gasteiger partial charge in [0.25, 0.3) is 0 Å². The van der Waals surface area contributed by atoms with E-state index in [0.717, 1.165) is 0 Å². The molecular formula is C14H17F2NO5S. The molecule has 2 rings (SSSR count). The molecule has 0 radical (unpaired) electrons. The highest BCUT2D eigenvalue weighted by Crippen LogP contribution is 2.42. The van der Waals surface area contributed by atoms with E-state index in [1.165, 1.54) is 24.3 Å². The van der Waals surface area contributed by atoms with Gasteiger partial charge in [-0.2, -0.15) is 0 Å². The van der Waals surface area contributed by atoms with Crippen LogP contribution in [-0.4, -0.2) is 42.3 Å². The first-order chi connectivity index (χ1) is 10.6. The third kappa shape index (κ3) is 5.14. The number of hydrogen-bond donors (Lipinski definition) is 3. The lowest BCUT2D eigenvalue weighted by Gasteiger charge is -2.34. The number of phenols is 1. The van der Waals surface area contributed by atoms with Crippen LogP contribution in [0.25, 0.3) is 0 Å². The summed E-state index contributed by atoms with van der Waals surface area (Å²) in [7, 11) is -3.98. The maximum atomic E-state index is 12.7. The lowest BCUT2D eigenvalue weighted by atomic mass is 9.83. The topological polar surface area (TPSA) is 104 Å². The number of halogens is 2. The Balaban J connectivity index is 1.98. The van der Waals surface area contributed by atoms with E-state index in [2.05, 4.69) is 0 Å². The fourth-order valence-electron chi connectivity index (χ4n) is 2.53. The van der Waals surface area contributed by atoms with Crippen molar-refractivity contribution in [3.8, 4) is 5.75 Å². The van der Waals surface area contributed by atoms with E-state index in [9.17, 15) is 27.1 Å². The van der Waals surface area contributed by atoms with E-state index in [1.54, 1.807) is 0 Å². The largest absolute Gasteiger partial charge is 0.508 e. The molecule has 0 amide bonds. The summed E-state index contributed by atoms with van der Waals surface area (Å²) in [4.78, 5) is 11.2. The normalized spacial score (nSPS) is 19.0. The molecular weight excluding hydrogens is 332 g/mol. The van der Waals surface area contributed by atoms with Crippen LogP contribution in [0.3, 0.4) is 0 Å². The highest BCUT2D eigenvalue weighted by Gasteiger charge is 2.47. The smallest absolute Gasteiger partial charge is 0.322 e. The molecule has 9 heteroatoms. The molecule has 0 aliphatic heterocycles. The standard InChI is InChI=1S/C14H17F2NO5S/c15-14(16)6-10(7-14)8-23(21,22)17-12(13(19)20)5-9-1-3-11(18)4-2-9/h1-4,10,12,17-18H,5-8H2,(H,19,20)/t12-/m0/s1. The molecule has 1 aliphatic carbocycles. The minimum Gasteiger partial charge on any atom is -0.508 e. The third-order valence-electron chi connectivity index (χ3n) is 3.63. The number of alkyl halides is 2. The van der Waals surface area contributed by atoms with Crippen molar-refractivity contribution in [1.29, 1.82) is 0 Å². The van der Waals surface area contributed by atoms with Gasteiger partial charge >= 0.3 is 5.97 Å². The molecule has 0 spiro atoms. The minimum atomic E-state index is -3.98. The summed E-state index contributed by atoms with van der Waals surface area (Å²) >= 11 is 0. The fourth-order valence-corrected chi connectivity index (χ4v) is 4.10. The van der Waals surface area contributed by atoms with Crippen molar-refractivity contribution in [2.75, 3.05) is 5.75 Å². The van der Waals surface area contributed by atoms with Crippen molar-refractivity contribution in [2.24, 2.45) is 5.92 Å². The van der Waals surface area contributed by atoms with Gasteiger partial charge in [-0.3, -0.25) is 4.79 Å². The number of rotatable bonds is 7. The van der Waals surface area contributed by atoms with Crippen molar-refractivity contribution in [2.45, 2.75) is 31.2 Å². The summed E-state index contributed by atoms with van der Waals surface area (Å²) in [5.74, 6) is -5.35. The fraction of sp³-hybridized carbons (Fsp3) is 0.500.